The summed E-state index contributed by atoms with van der Waals surface area (Å²) in [4.78, 5) is 0. The van der Waals surface area contributed by atoms with E-state index < -0.39 is 5.82 Å². The number of rotatable bonds is 2. The van der Waals surface area contributed by atoms with Gasteiger partial charge in [0, 0.05) is 17.2 Å². The molecule has 0 aliphatic carbocycles. The third-order valence-corrected chi connectivity index (χ3v) is 3.73. The van der Waals surface area contributed by atoms with Crippen LogP contribution in [0.4, 0.5) is 10.1 Å². The largest absolute Gasteiger partial charge is 0.493 e. The number of hydrogen-bond acceptors (Lipinski definition) is 3. The van der Waals surface area contributed by atoms with Gasteiger partial charge >= 0.3 is 0 Å². The number of nitrogens with zero attached hydrogens (tertiary/aromatic N) is 1. The fourth-order valence-corrected chi connectivity index (χ4v) is 2.59. The Labute approximate surface area is 123 Å². The van der Waals surface area contributed by atoms with Crippen LogP contribution in [0.25, 0.3) is 0 Å². The van der Waals surface area contributed by atoms with Gasteiger partial charge in [0.15, 0.2) is 0 Å². The van der Waals surface area contributed by atoms with Crippen molar-refractivity contribution in [1.82, 2.24) is 0 Å². The summed E-state index contributed by atoms with van der Waals surface area (Å²) in [5.74, 6) is 0.648. The van der Waals surface area contributed by atoms with Crippen molar-refractivity contribution >= 4 is 5.69 Å². The topological polar surface area (TPSA) is 45.0 Å². The average Bonchev–Trinajstić information content (AvgIpc) is 2.52. The molecule has 1 aliphatic rings. The minimum absolute atomic E-state index is 0.0491. The Hall–Kier alpha value is -2.54. The smallest absolute Gasteiger partial charge is 0.141 e. The second-order valence-electron chi connectivity index (χ2n) is 5.25. The standard InChI is InChI=1S/C17H15FN2O/c1-11-10-21-16-5-3-2-4-14(16)17(11)20-13-6-7-15(18)12(8-13)9-19/h2-8,11,17,20H,10H2,1H3. The Kier molecular flexibility index (Phi) is 3.49. The molecule has 2 unspecified atom stereocenters. The Bertz CT molecular complexity index is 708. The van der Waals surface area contributed by atoms with E-state index in [1.165, 1.54) is 6.07 Å². The molecule has 0 saturated heterocycles. The van der Waals surface area contributed by atoms with Crippen LogP contribution in [-0.2, 0) is 0 Å². The van der Waals surface area contributed by atoms with E-state index >= 15 is 0 Å². The quantitative estimate of drug-likeness (QED) is 0.909. The summed E-state index contributed by atoms with van der Waals surface area (Å²) in [6, 6.07) is 14.3. The summed E-state index contributed by atoms with van der Waals surface area (Å²) in [6.07, 6.45) is 0. The van der Waals surface area contributed by atoms with Crippen molar-refractivity contribution in [3.63, 3.8) is 0 Å². The SMILES string of the molecule is CC1COc2ccccc2C1Nc1ccc(F)c(C#N)c1. The van der Waals surface area contributed by atoms with Gasteiger partial charge in [-0.2, -0.15) is 5.26 Å². The van der Waals surface area contributed by atoms with Crippen LogP contribution in [0.3, 0.4) is 0 Å². The zero-order chi connectivity index (χ0) is 14.8. The maximum atomic E-state index is 13.4. The first-order valence-electron chi connectivity index (χ1n) is 6.87. The molecule has 3 rings (SSSR count). The van der Waals surface area contributed by atoms with E-state index in [-0.39, 0.29) is 17.5 Å². The highest BCUT2D eigenvalue weighted by Gasteiger charge is 2.27. The summed E-state index contributed by atoms with van der Waals surface area (Å²) < 4.78 is 19.1. The predicted octanol–water partition coefficient (Wildman–Crippen LogP) is 3.88. The van der Waals surface area contributed by atoms with E-state index in [9.17, 15) is 4.39 Å². The fourth-order valence-electron chi connectivity index (χ4n) is 2.59. The number of nitriles is 1. The van der Waals surface area contributed by atoms with E-state index in [1.807, 2.05) is 30.3 Å². The lowest BCUT2D eigenvalue weighted by Gasteiger charge is -2.32. The highest BCUT2D eigenvalue weighted by molar-refractivity contribution is 5.53. The monoisotopic (exact) mass is 282 g/mol. The van der Waals surface area contributed by atoms with Crippen molar-refractivity contribution in [2.24, 2.45) is 5.92 Å². The molecule has 3 nitrogen and oxygen atoms in total. The Morgan fingerprint density at radius 3 is 2.90 bits per heavy atom. The van der Waals surface area contributed by atoms with Crippen LogP contribution in [-0.4, -0.2) is 6.61 Å². The Balaban J connectivity index is 1.93. The van der Waals surface area contributed by atoms with Gasteiger partial charge in [0.2, 0.25) is 0 Å². The highest BCUT2D eigenvalue weighted by atomic mass is 19.1. The van der Waals surface area contributed by atoms with Gasteiger partial charge in [-0.25, -0.2) is 4.39 Å². The number of anilines is 1. The predicted molar refractivity (Wildman–Crippen MR) is 78.6 cm³/mol. The molecule has 106 valence electrons. The summed E-state index contributed by atoms with van der Waals surface area (Å²) in [5, 5.41) is 12.3. The summed E-state index contributed by atoms with van der Waals surface area (Å²) in [6.45, 7) is 2.73. The molecule has 0 amide bonds. The van der Waals surface area contributed by atoms with Crippen LogP contribution in [0.1, 0.15) is 24.1 Å². The third kappa shape index (κ3) is 2.55. The third-order valence-electron chi connectivity index (χ3n) is 3.73. The molecule has 0 aromatic heterocycles. The second-order valence-corrected chi connectivity index (χ2v) is 5.25. The van der Waals surface area contributed by atoms with E-state index in [0.717, 1.165) is 17.0 Å². The van der Waals surface area contributed by atoms with Crippen LogP contribution in [0.5, 0.6) is 5.75 Å². The Morgan fingerprint density at radius 1 is 1.29 bits per heavy atom. The van der Waals surface area contributed by atoms with E-state index in [4.69, 9.17) is 10.00 Å². The molecule has 4 heteroatoms. The molecular weight excluding hydrogens is 267 g/mol. The first kappa shape index (κ1) is 13.4. The summed E-state index contributed by atoms with van der Waals surface area (Å²) >= 11 is 0. The zero-order valence-electron chi connectivity index (χ0n) is 11.6. The van der Waals surface area contributed by atoms with Crippen molar-refractivity contribution in [2.45, 2.75) is 13.0 Å². The van der Waals surface area contributed by atoms with Crippen molar-refractivity contribution in [3.8, 4) is 11.8 Å². The van der Waals surface area contributed by atoms with Gasteiger partial charge in [-0.1, -0.05) is 25.1 Å². The van der Waals surface area contributed by atoms with Gasteiger partial charge < -0.3 is 10.1 Å². The van der Waals surface area contributed by atoms with Gasteiger partial charge in [-0.3, -0.25) is 0 Å². The molecule has 2 aromatic carbocycles. The molecule has 2 atom stereocenters. The van der Waals surface area contributed by atoms with Gasteiger partial charge in [-0.15, -0.1) is 0 Å². The van der Waals surface area contributed by atoms with Crippen LogP contribution in [0.2, 0.25) is 0 Å². The first-order valence-corrected chi connectivity index (χ1v) is 6.87. The molecule has 0 spiro atoms. The molecule has 21 heavy (non-hydrogen) atoms. The number of fused-ring (bicyclic) bond motifs is 1. The molecular formula is C17H15FN2O. The van der Waals surface area contributed by atoms with E-state index in [1.54, 1.807) is 12.1 Å². The normalized spacial score (nSPS) is 20.0. The van der Waals surface area contributed by atoms with E-state index in [0.29, 0.717) is 6.61 Å². The fraction of sp³-hybridized carbons (Fsp3) is 0.235. The van der Waals surface area contributed by atoms with Gasteiger partial charge in [0.05, 0.1) is 18.2 Å². The van der Waals surface area contributed by atoms with Crippen molar-refractivity contribution in [3.05, 3.63) is 59.4 Å². The number of para-hydroxylation sites is 1. The maximum Gasteiger partial charge on any atom is 0.141 e. The first-order chi connectivity index (χ1) is 10.2. The van der Waals surface area contributed by atoms with E-state index in [2.05, 4.69) is 12.2 Å². The highest BCUT2D eigenvalue weighted by Crippen LogP contribution is 2.37. The number of halogens is 1. The molecule has 1 N–H and O–H groups in total. The average molecular weight is 282 g/mol. The van der Waals surface area contributed by atoms with Crippen LogP contribution in [0, 0.1) is 23.1 Å². The van der Waals surface area contributed by atoms with Crippen molar-refractivity contribution in [1.29, 1.82) is 5.26 Å². The Morgan fingerprint density at radius 2 is 2.10 bits per heavy atom. The molecule has 0 radical (unpaired) electrons. The second kappa shape index (κ2) is 5.45. The van der Waals surface area contributed by atoms with Crippen molar-refractivity contribution < 1.29 is 9.13 Å². The molecule has 1 heterocycles. The molecule has 1 aliphatic heterocycles. The molecule has 0 bridgehead atoms. The maximum absolute atomic E-state index is 13.4. The minimum Gasteiger partial charge on any atom is -0.493 e. The lowest BCUT2D eigenvalue weighted by Crippen LogP contribution is -2.28. The molecule has 2 aromatic rings. The summed E-state index contributed by atoms with van der Waals surface area (Å²) in [5.41, 5.74) is 1.87. The van der Waals surface area contributed by atoms with Crippen LogP contribution < -0.4 is 10.1 Å². The lowest BCUT2D eigenvalue weighted by molar-refractivity contribution is 0.214. The van der Waals surface area contributed by atoms with Gasteiger partial charge in [-0.05, 0) is 24.3 Å². The summed E-state index contributed by atoms with van der Waals surface area (Å²) in [7, 11) is 0. The van der Waals surface area contributed by atoms with Gasteiger partial charge in [0.1, 0.15) is 17.6 Å². The molecule has 0 saturated carbocycles. The minimum atomic E-state index is -0.497. The number of nitrogens with one attached hydrogen (secondary N) is 1. The molecule has 0 fully saturated rings. The van der Waals surface area contributed by atoms with Crippen LogP contribution in [0.15, 0.2) is 42.5 Å². The number of hydrogen-bond donors (Lipinski definition) is 1. The number of benzene rings is 2. The van der Waals surface area contributed by atoms with Crippen LogP contribution >= 0.6 is 0 Å². The van der Waals surface area contributed by atoms with Gasteiger partial charge in [0.25, 0.3) is 0 Å². The zero-order valence-corrected chi connectivity index (χ0v) is 11.6. The lowest BCUT2D eigenvalue weighted by atomic mass is 9.91. The van der Waals surface area contributed by atoms with Crippen molar-refractivity contribution in [2.75, 3.05) is 11.9 Å². The number of ether oxygens (including phenoxy) is 1.